The molecule has 0 saturated heterocycles. The lowest BCUT2D eigenvalue weighted by atomic mass is 9.93. The van der Waals surface area contributed by atoms with E-state index in [0.29, 0.717) is 5.95 Å². The number of thiophene rings is 1. The lowest BCUT2D eigenvalue weighted by Crippen LogP contribution is -2.03. The predicted octanol–water partition coefficient (Wildman–Crippen LogP) is 14.9. The second kappa shape index (κ2) is 13.1. The summed E-state index contributed by atoms with van der Waals surface area (Å²) in [5.41, 5.74) is 12.3. The number of hydrogen-bond acceptors (Lipinski definition) is 3. The van der Waals surface area contributed by atoms with E-state index in [0.717, 1.165) is 38.6 Å². The maximum Gasteiger partial charge on any atom is 0.235 e. The van der Waals surface area contributed by atoms with Crippen molar-refractivity contribution in [1.82, 2.24) is 14.5 Å². The Hall–Kier alpha value is -7.40. The topological polar surface area (TPSA) is 30.7 Å². The summed E-state index contributed by atoms with van der Waals surface area (Å²) in [7, 11) is 0. The molecule has 0 unspecified atom stereocenters. The fourth-order valence-corrected chi connectivity index (χ4v) is 9.96. The highest BCUT2D eigenvalue weighted by Crippen LogP contribution is 2.41. The molecule has 4 heteroatoms. The van der Waals surface area contributed by atoms with Gasteiger partial charge in [0.2, 0.25) is 5.95 Å². The normalized spacial score (nSPS) is 11.8. The zero-order valence-corrected chi connectivity index (χ0v) is 32.1. The fourth-order valence-electron chi connectivity index (χ4n) is 8.87. The lowest BCUT2D eigenvalue weighted by Gasteiger charge is -2.15. The van der Waals surface area contributed by atoms with Gasteiger partial charge in [0.15, 0.2) is 0 Å². The summed E-state index contributed by atoms with van der Waals surface area (Å²) in [6.45, 7) is 0. The van der Waals surface area contributed by atoms with Crippen molar-refractivity contribution in [3.63, 3.8) is 0 Å². The number of benzene rings is 9. The van der Waals surface area contributed by atoms with Crippen LogP contribution in [-0.4, -0.2) is 14.5 Å². The molecule has 0 aliphatic heterocycles. The van der Waals surface area contributed by atoms with E-state index in [4.69, 9.17) is 9.97 Å². The average Bonchev–Trinajstić information content (AvgIpc) is 3.84. The predicted molar refractivity (Wildman–Crippen MR) is 246 cm³/mol. The standard InChI is InChI=1S/C54H33N3S/c1-2-12-36(13-3-1)39-28-29-44(41-15-5-4-14-40(39)41)53-45-18-6-9-19-48(45)55-54(56-53)57-49-20-10-7-16-42(49)46-32-37(26-30-50(46)57)34-22-24-35(25-23-34)38-27-31-52-47(33-38)43-17-8-11-21-51(43)58-52/h1-33H. The van der Waals surface area contributed by atoms with Crippen LogP contribution in [0.2, 0.25) is 0 Å². The third kappa shape index (κ3) is 5.19. The molecule has 12 aromatic rings. The molecule has 0 spiro atoms. The molecule has 0 atom stereocenters. The monoisotopic (exact) mass is 755 g/mol. The highest BCUT2D eigenvalue weighted by molar-refractivity contribution is 7.25. The van der Waals surface area contributed by atoms with E-state index in [1.807, 2.05) is 11.3 Å². The molecular formula is C54H33N3S. The summed E-state index contributed by atoms with van der Waals surface area (Å²) in [5.74, 6) is 0.656. The third-order valence-electron chi connectivity index (χ3n) is 11.7. The van der Waals surface area contributed by atoms with Gasteiger partial charge in [0.1, 0.15) is 0 Å². The Morgan fingerprint density at radius 2 is 0.879 bits per heavy atom. The van der Waals surface area contributed by atoms with Gasteiger partial charge in [-0.1, -0.05) is 158 Å². The largest absolute Gasteiger partial charge is 0.278 e. The van der Waals surface area contributed by atoms with Crippen molar-refractivity contribution in [2.75, 3.05) is 0 Å². The minimum atomic E-state index is 0.656. The SMILES string of the molecule is c1ccc(-c2ccc(-c3nc(-n4c5ccccc5c5cc(-c6ccc(-c7ccc8sc9ccccc9c8c7)cc6)ccc54)nc4ccccc34)c3ccccc23)cc1. The van der Waals surface area contributed by atoms with Gasteiger partial charge >= 0.3 is 0 Å². The Bertz CT molecular complexity index is 3560. The molecule has 0 radical (unpaired) electrons. The van der Waals surface area contributed by atoms with Crippen LogP contribution >= 0.6 is 11.3 Å². The van der Waals surface area contributed by atoms with Gasteiger partial charge in [-0.2, -0.15) is 0 Å². The van der Waals surface area contributed by atoms with Crippen LogP contribution in [0.1, 0.15) is 0 Å². The van der Waals surface area contributed by atoms with Crippen molar-refractivity contribution in [1.29, 1.82) is 0 Å². The van der Waals surface area contributed by atoms with E-state index in [9.17, 15) is 0 Å². The van der Waals surface area contributed by atoms with E-state index in [-0.39, 0.29) is 0 Å². The molecule has 9 aromatic carbocycles. The molecule has 0 aliphatic carbocycles. The van der Waals surface area contributed by atoms with E-state index in [1.54, 1.807) is 0 Å². The molecule has 58 heavy (non-hydrogen) atoms. The molecule has 0 aliphatic rings. The van der Waals surface area contributed by atoms with Gasteiger partial charge in [-0.3, -0.25) is 4.57 Å². The summed E-state index contributed by atoms with van der Waals surface area (Å²) in [6.07, 6.45) is 0. The van der Waals surface area contributed by atoms with Crippen LogP contribution in [0.3, 0.4) is 0 Å². The van der Waals surface area contributed by atoms with Crippen molar-refractivity contribution in [2.24, 2.45) is 0 Å². The molecule has 3 heterocycles. The molecule has 270 valence electrons. The summed E-state index contributed by atoms with van der Waals surface area (Å²) in [6, 6.07) is 72.1. The second-order valence-corrected chi connectivity index (χ2v) is 16.0. The van der Waals surface area contributed by atoms with Gasteiger partial charge in [-0.05, 0) is 86.6 Å². The Balaban J connectivity index is 0.985. The molecule has 12 rings (SSSR count). The zero-order valence-electron chi connectivity index (χ0n) is 31.3. The summed E-state index contributed by atoms with van der Waals surface area (Å²) in [4.78, 5) is 10.7. The van der Waals surface area contributed by atoms with E-state index in [1.165, 1.54) is 69.7 Å². The molecule has 3 nitrogen and oxygen atoms in total. The third-order valence-corrected chi connectivity index (χ3v) is 12.8. The first-order valence-electron chi connectivity index (χ1n) is 19.7. The maximum absolute atomic E-state index is 5.47. The quantitative estimate of drug-likeness (QED) is 0.175. The summed E-state index contributed by atoms with van der Waals surface area (Å²) in [5, 5.41) is 8.37. The van der Waals surface area contributed by atoms with Crippen molar-refractivity contribution in [2.45, 2.75) is 0 Å². The number of nitrogens with zero attached hydrogens (tertiary/aromatic N) is 3. The van der Waals surface area contributed by atoms with Crippen molar-refractivity contribution in [3.05, 3.63) is 200 Å². The van der Waals surface area contributed by atoms with Crippen LogP contribution in [-0.2, 0) is 0 Å². The highest BCUT2D eigenvalue weighted by Gasteiger charge is 2.19. The summed E-state index contributed by atoms with van der Waals surface area (Å²) >= 11 is 1.86. The number of fused-ring (bicyclic) bond motifs is 8. The van der Waals surface area contributed by atoms with Crippen molar-refractivity contribution in [3.8, 4) is 50.6 Å². The van der Waals surface area contributed by atoms with Crippen molar-refractivity contribution < 1.29 is 0 Å². The molecule has 0 bridgehead atoms. The van der Waals surface area contributed by atoms with E-state index < -0.39 is 0 Å². The average molecular weight is 756 g/mol. The second-order valence-electron chi connectivity index (χ2n) is 14.9. The Morgan fingerprint density at radius 1 is 0.328 bits per heavy atom. The molecule has 0 saturated carbocycles. The van der Waals surface area contributed by atoms with E-state index in [2.05, 4.69) is 205 Å². The Labute approximate surface area is 338 Å². The van der Waals surface area contributed by atoms with Crippen LogP contribution in [0, 0.1) is 0 Å². The van der Waals surface area contributed by atoms with Gasteiger partial charge in [0.25, 0.3) is 0 Å². The van der Waals surface area contributed by atoms with Gasteiger partial charge in [0.05, 0.1) is 22.2 Å². The molecule has 0 fully saturated rings. The van der Waals surface area contributed by atoms with Gasteiger partial charge in [-0.15, -0.1) is 11.3 Å². The first-order chi connectivity index (χ1) is 28.7. The molecule has 0 amide bonds. The Kier molecular flexibility index (Phi) is 7.40. The molecule has 0 N–H and O–H groups in total. The number of para-hydroxylation sites is 2. The van der Waals surface area contributed by atoms with Crippen LogP contribution in [0.5, 0.6) is 0 Å². The van der Waals surface area contributed by atoms with Crippen molar-refractivity contribution >= 4 is 75.0 Å². The summed E-state index contributed by atoms with van der Waals surface area (Å²) < 4.78 is 4.89. The number of hydrogen-bond donors (Lipinski definition) is 0. The lowest BCUT2D eigenvalue weighted by molar-refractivity contribution is 1.01. The smallest absolute Gasteiger partial charge is 0.235 e. The minimum Gasteiger partial charge on any atom is -0.278 e. The number of aromatic nitrogens is 3. The first kappa shape index (κ1) is 32.8. The minimum absolute atomic E-state index is 0.656. The van der Waals surface area contributed by atoms with E-state index >= 15 is 0 Å². The maximum atomic E-state index is 5.47. The van der Waals surface area contributed by atoms with Gasteiger partial charge < -0.3 is 0 Å². The van der Waals surface area contributed by atoms with Crippen LogP contribution in [0.25, 0.3) is 114 Å². The molecule has 3 aromatic heterocycles. The van der Waals surface area contributed by atoms with Crippen LogP contribution < -0.4 is 0 Å². The van der Waals surface area contributed by atoms with Crippen LogP contribution in [0.4, 0.5) is 0 Å². The number of rotatable bonds is 5. The Morgan fingerprint density at radius 3 is 1.67 bits per heavy atom. The van der Waals surface area contributed by atoms with Gasteiger partial charge in [-0.25, -0.2) is 9.97 Å². The highest BCUT2D eigenvalue weighted by atomic mass is 32.1. The zero-order chi connectivity index (χ0) is 38.2. The fraction of sp³-hybridized carbons (Fsp3) is 0. The van der Waals surface area contributed by atoms with Crippen LogP contribution in [0.15, 0.2) is 200 Å². The van der Waals surface area contributed by atoms with Gasteiger partial charge in [0, 0.05) is 41.9 Å². The first-order valence-corrected chi connectivity index (χ1v) is 20.5. The molecular weight excluding hydrogens is 723 g/mol.